The number of unbranched alkanes of at least 4 members (excludes halogenated alkanes) is 33. The van der Waals surface area contributed by atoms with Gasteiger partial charge in [0.2, 0.25) is 0 Å². The van der Waals surface area contributed by atoms with Gasteiger partial charge in [0, 0.05) is 19.3 Å². The summed E-state index contributed by atoms with van der Waals surface area (Å²) in [5.74, 6) is 0.806. The number of hydrogen-bond acceptors (Lipinski definition) is 6. The fraction of sp³-hybridized carbons (Fsp3) is 0.944. The Morgan fingerprint density at radius 2 is 0.550 bits per heavy atom. The lowest BCUT2D eigenvalue weighted by Gasteiger charge is -2.18. The molecule has 1 atom stereocenters. The zero-order valence-corrected chi connectivity index (χ0v) is 41.1. The third-order valence-corrected chi connectivity index (χ3v) is 12.2. The van der Waals surface area contributed by atoms with E-state index in [1.165, 1.54) is 186 Å². The minimum absolute atomic E-state index is 0.0638. The average molecular weight is 849 g/mol. The number of carbonyl (C=O) groups excluding carboxylic acids is 3. The highest BCUT2D eigenvalue weighted by molar-refractivity contribution is 5.71. The van der Waals surface area contributed by atoms with E-state index in [1.807, 2.05) is 0 Å². The molecule has 6 heteroatoms. The van der Waals surface area contributed by atoms with Gasteiger partial charge >= 0.3 is 17.9 Å². The number of ether oxygens (including phenoxy) is 3. The second-order valence-electron chi connectivity index (χ2n) is 19.5. The molecule has 0 amide bonds. The Labute approximate surface area is 374 Å². The van der Waals surface area contributed by atoms with Gasteiger partial charge in [0.15, 0.2) is 6.10 Å². The average Bonchev–Trinajstić information content (AvgIpc) is 3.22. The van der Waals surface area contributed by atoms with Crippen molar-refractivity contribution in [2.75, 3.05) is 13.2 Å². The Hall–Kier alpha value is -1.59. The van der Waals surface area contributed by atoms with Crippen molar-refractivity contribution in [3.63, 3.8) is 0 Å². The predicted octanol–water partition coefficient (Wildman–Crippen LogP) is 17.3. The fourth-order valence-electron chi connectivity index (χ4n) is 8.17. The minimum atomic E-state index is -0.761. The molecule has 0 saturated carbocycles. The first-order valence-electron chi connectivity index (χ1n) is 26.7. The van der Waals surface area contributed by atoms with Gasteiger partial charge < -0.3 is 14.2 Å². The number of hydrogen-bond donors (Lipinski definition) is 0. The highest BCUT2D eigenvalue weighted by Crippen LogP contribution is 2.18. The highest BCUT2D eigenvalue weighted by atomic mass is 16.6. The molecule has 0 aliphatic carbocycles. The molecule has 356 valence electrons. The maximum absolute atomic E-state index is 12.7. The molecule has 6 nitrogen and oxygen atoms in total. The van der Waals surface area contributed by atoms with Gasteiger partial charge in [-0.1, -0.05) is 259 Å². The van der Waals surface area contributed by atoms with Gasteiger partial charge in [0.1, 0.15) is 13.2 Å². The summed E-state index contributed by atoms with van der Waals surface area (Å²) in [5, 5.41) is 0. The summed E-state index contributed by atoms with van der Waals surface area (Å²) in [7, 11) is 0. The molecule has 0 saturated heterocycles. The van der Waals surface area contributed by atoms with Gasteiger partial charge in [0.05, 0.1) is 0 Å². The Morgan fingerprint density at radius 1 is 0.317 bits per heavy atom. The SMILES string of the molecule is CCCCCCCCCCCCC(=O)O[C@H](COC(=O)CCCCCCCCCCCCCCCCCCCCC(C)C)COC(=O)CCCCCCCCCCC(C)C. The van der Waals surface area contributed by atoms with Crippen molar-refractivity contribution < 1.29 is 28.6 Å². The third kappa shape index (κ3) is 47.5. The van der Waals surface area contributed by atoms with E-state index in [0.29, 0.717) is 19.3 Å². The number of carbonyl (C=O) groups is 3. The monoisotopic (exact) mass is 849 g/mol. The van der Waals surface area contributed by atoms with Crippen LogP contribution < -0.4 is 0 Å². The second kappa shape index (κ2) is 46.9. The van der Waals surface area contributed by atoms with Crippen LogP contribution in [0.2, 0.25) is 0 Å². The van der Waals surface area contributed by atoms with Crippen LogP contribution in [0.25, 0.3) is 0 Å². The van der Waals surface area contributed by atoms with Crippen LogP contribution in [0.4, 0.5) is 0 Å². The molecule has 0 aliphatic heterocycles. The Morgan fingerprint density at radius 3 is 0.817 bits per heavy atom. The van der Waals surface area contributed by atoms with E-state index in [2.05, 4.69) is 34.6 Å². The van der Waals surface area contributed by atoms with E-state index in [1.54, 1.807) is 0 Å². The molecule has 0 radical (unpaired) electrons. The van der Waals surface area contributed by atoms with E-state index >= 15 is 0 Å². The summed E-state index contributed by atoms with van der Waals surface area (Å²) in [6.45, 7) is 11.4. The van der Waals surface area contributed by atoms with Gasteiger partial charge in [-0.15, -0.1) is 0 Å². The molecule has 60 heavy (non-hydrogen) atoms. The van der Waals surface area contributed by atoms with Crippen molar-refractivity contribution in [3.05, 3.63) is 0 Å². The van der Waals surface area contributed by atoms with Crippen LogP contribution in [-0.2, 0) is 28.6 Å². The Kier molecular flexibility index (Phi) is 45.7. The van der Waals surface area contributed by atoms with Gasteiger partial charge in [-0.3, -0.25) is 14.4 Å². The summed E-state index contributed by atoms with van der Waals surface area (Å²) < 4.78 is 16.8. The van der Waals surface area contributed by atoms with E-state index < -0.39 is 6.10 Å². The van der Waals surface area contributed by atoms with Gasteiger partial charge in [0.25, 0.3) is 0 Å². The molecule has 0 heterocycles. The lowest BCUT2D eigenvalue weighted by Crippen LogP contribution is -2.30. The molecular formula is C54H104O6. The largest absolute Gasteiger partial charge is 0.462 e. The number of rotatable bonds is 48. The van der Waals surface area contributed by atoms with Crippen molar-refractivity contribution >= 4 is 17.9 Å². The van der Waals surface area contributed by atoms with Crippen molar-refractivity contribution in [2.45, 2.75) is 304 Å². The van der Waals surface area contributed by atoms with Gasteiger partial charge in [-0.05, 0) is 31.1 Å². The molecule has 0 aromatic rings. The van der Waals surface area contributed by atoms with Crippen molar-refractivity contribution in [2.24, 2.45) is 11.8 Å². The van der Waals surface area contributed by atoms with E-state index in [9.17, 15) is 14.4 Å². The summed E-state index contributed by atoms with van der Waals surface area (Å²) >= 11 is 0. The first kappa shape index (κ1) is 58.4. The maximum atomic E-state index is 12.7. The maximum Gasteiger partial charge on any atom is 0.306 e. The fourth-order valence-corrected chi connectivity index (χ4v) is 8.17. The van der Waals surface area contributed by atoms with Crippen LogP contribution >= 0.6 is 0 Å². The minimum Gasteiger partial charge on any atom is -0.462 e. The molecule has 0 aromatic heterocycles. The summed E-state index contributed by atoms with van der Waals surface area (Å²) in [6.07, 6.45) is 48.2. The van der Waals surface area contributed by atoms with E-state index in [0.717, 1.165) is 69.6 Å². The molecule has 0 N–H and O–H groups in total. The quantitative estimate of drug-likeness (QED) is 0.0345. The number of esters is 3. The molecule has 0 unspecified atom stereocenters. The third-order valence-electron chi connectivity index (χ3n) is 12.2. The highest BCUT2D eigenvalue weighted by Gasteiger charge is 2.19. The Balaban J connectivity index is 4.17. The molecule has 0 bridgehead atoms. The molecule has 0 aliphatic rings. The van der Waals surface area contributed by atoms with Crippen LogP contribution in [0.15, 0.2) is 0 Å². The smallest absolute Gasteiger partial charge is 0.306 e. The van der Waals surface area contributed by atoms with Gasteiger partial charge in [-0.25, -0.2) is 0 Å². The van der Waals surface area contributed by atoms with E-state index in [4.69, 9.17) is 14.2 Å². The molecule has 0 aromatic carbocycles. The first-order valence-corrected chi connectivity index (χ1v) is 26.7. The molecule has 0 fully saturated rings. The predicted molar refractivity (Wildman–Crippen MR) is 256 cm³/mol. The van der Waals surface area contributed by atoms with Crippen molar-refractivity contribution in [1.29, 1.82) is 0 Å². The summed E-state index contributed by atoms with van der Waals surface area (Å²) in [5.41, 5.74) is 0. The lowest BCUT2D eigenvalue weighted by atomic mass is 10.0. The molecular weight excluding hydrogens is 745 g/mol. The lowest BCUT2D eigenvalue weighted by molar-refractivity contribution is -0.167. The van der Waals surface area contributed by atoms with E-state index in [-0.39, 0.29) is 31.1 Å². The van der Waals surface area contributed by atoms with Crippen molar-refractivity contribution in [1.82, 2.24) is 0 Å². The summed E-state index contributed by atoms with van der Waals surface area (Å²) in [4.78, 5) is 37.9. The molecule has 0 spiro atoms. The van der Waals surface area contributed by atoms with Crippen molar-refractivity contribution in [3.8, 4) is 0 Å². The zero-order chi connectivity index (χ0) is 44.0. The van der Waals surface area contributed by atoms with Crippen LogP contribution in [0.5, 0.6) is 0 Å². The second-order valence-corrected chi connectivity index (χ2v) is 19.5. The standard InChI is InChI=1S/C54H104O6/c1-6-7-8-9-10-11-23-31-36-41-46-54(57)60-51(48-59-53(56)45-40-35-30-26-25-28-33-38-43-50(4)5)47-58-52(55)44-39-34-29-24-21-19-17-15-13-12-14-16-18-20-22-27-32-37-42-49(2)3/h49-51H,6-48H2,1-5H3/t51-/m1/s1. The Bertz CT molecular complexity index is 916. The topological polar surface area (TPSA) is 78.9 Å². The normalized spacial score (nSPS) is 12.1. The van der Waals surface area contributed by atoms with Gasteiger partial charge in [-0.2, -0.15) is 0 Å². The molecule has 0 rings (SSSR count). The van der Waals surface area contributed by atoms with Crippen LogP contribution in [0.3, 0.4) is 0 Å². The summed E-state index contributed by atoms with van der Waals surface area (Å²) in [6, 6.07) is 0. The zero-order valence-electron chi connectivity index (χ0n) is 41.1. The van der Waals surface area contributed by atoms with Crippen LogP contribution in [0.1, 0.15) is 298 Å². The van der Waals surface area contributed by atoms with Crippen LogP contribution in [0, 0.1) is 11.8 Å². The first-order chi connectivity index (χ1) is 29.2. The van der Waals surface area contributed by atoms with Crippen LogP contribution in [-0.4, -0.2) is 37.2 Å².